The molecule has 2 rings (SSSR count). The quantitative estimate of drug-likeness (QED) is 0.741. The van der Waals surface area contributed by atoms with Crippen molar-refractivity contribution in [1.29, 1.82) is 0 Å². The van der Waals surface area contributed by atoms with Gasteiger partial charge in [0.1, 0.15) is 0 Å². The normalized spacial score (nSPS) is 17.9. The number of nitrogens with one attached hydrogen (secondary N) is 2. The second kappa shape index (κ2) is 7.26. The van der Waals surface area contributed by atoms with E-state index >= 15 is 0 Å². The van der Waals surface area contributed by atoms with Crippen LogP contribution in [0.25, 0.3) is 0 Å². The number of aliphatic imine (C=N–C) groups is 1. The van der Waals surface area contributed by atoms with Crippen molar-refractivity contribution >= 4 is 39.8 Å². The molecule has 1 aromatic carbocycles. The van der Waals surface area contributed by atoms with Crippen LogP contribution in [0.5, 0.6) is 0 Å². The van der Waals surface area contributed by atoms with E-state index in [1.54, 1.807) is 19.1 Å². The first-order valence-corrected chi connectivity index (χ1v) is 8.03. The summed E-state index contributed by atoms with van der Waals surface area (Å²) in [6, 6.07) is 7.34. The van der Waals surface area contributed by atoms with Gasteiger partial charge in [0.2, 0.25) is 0 Å². The van der Waals surface area contributed by atoms with Crippen LogP contribution in [-0.2, 0) is 16.4 Å². The maximum absolute atomic E-state index is 11.7. The van der Waals surface area contributed by atoms with E-state index in [4.69, 9.17) is 0 Å². The molecule has 0 aliphatic carbocycles. The van der Waals surface area contributed by atoms with Crippen LogP contribution in [0.15, 0.2) is 34.2 Å². The van der Waals surface area contributed by atoms with E-state index < -0.39 is 9.84 Å². The first kappa shape index (κ1) is 17.2. The van der Waals surface area contributed by atoms with Crippen LogP contribution in [0.2, 0.25) is 0 Å². The Morgan fingerprint density at radius 2 is 2.00 bits per heavy atom. The molecule has 5 nitrogen and oxygen atoms in total. The molecular weight excluding hydrogens is 389 g/mol. The summed E-state index contributed by atoms with van der Waals surface area (Å²) >= 11 is 0. The minimum Gasteiger partial charge on any atom is -0.352 e. The number of hydrogen-bond donors (Lipinski definition) is 2. The van der Waals surface area contributed by atoms with Gasteiger partial charge in [-0.25, -0.2) is 8.42 Å². The number of guanidine groups is 1. The van der Waals surface area contributed by atoms with Gasteiger partial charge in [-0.15, -0.1) is 24.0 Å². The highest BCUT2D eigenvalue weighted by Gasteiger charge is 2.12. The SMILES string of the molecule is CCS(=O)(=O)c1ccc(CNC2=NCC(C)N2)cc1.I. The van der Waals surface area contributed by atoms with Gasteiger partial charge in [0, 0.05) is 12.6 Å². The molecule has 20 heavy (non-hydrogen) atoms. The fourth-order valence-electron chi connectivity index (χ4n) is 1.83. The van der Waals surface area contributed by atoms with Gasteiger partial charge in [0.25, 0.3) is 0 Å². The zero-order chi connectivity index (χ0) is 13.9. The van der Waals surface area contributed by atoms with Crippen LogP contribution >= 0.6 is 24.0 Å². The fourth-order valence-corrected chi connectivity index (χ4v) is 2.71. The maximum Gasteiger partial charge on any atom is 0.191 e. The zero-order valence-electron chi connectivity index (χ0n) is 11.6. The minimum absolute atomic E-state index is 0. The lowest BCUT2D eigenvalue weighted by atomic mass is 10.2. The van der Waals surface area contributed by atoms with Crippen molar-refractivity contribution < 1.29 is 8.42 Å². The zero-order valence-corrected chi connectivity index (χ0v) is 14.7. The topological polar surface area (TPSA) is 70.6 Å². The Morgan fingerprint density at radius 3 is 2.50 bits per heavy atom. The molecule has 0 saturated carbocycles. The summed E-state index contributed by atoms with van der Waals surface area (Å²) in [5, 5.41) is 6.40. The minimum atomic E-state index is -3.11. The number of benzene rings is 1. The third-order valence-corrected chi connectivity index (χ3v) is 4.78. The van der Waals surface area contributed by atoms with Gasteiger partial charge < -0.3 is 10.6 Å². The Labute approximate surface area is 137 Å². The second-order valence-electron chi connectivity index (χ2n) is 4.64. The summed E-state index contributed by atoms with van der Waals surface area (Å²) in [5.74, 6) is 0.932. The number of sulfone groups is 1. The van der Waals surface area contributed by atoms with Crippen molar-refractivity contribution in [2.24, 2.45) is 4.99 Å². The summed E-state index contributed by atoms with van der Waals surface area (Å²) < 4.78 is 23.3. The smallest absolute Gasteiger partial charge is 0.191 e. The standard InChI is InChI=1S/C13H19N3O2S.HI/c1-3-19(17,18)12-6-4-11(5-7-12)9-15-13-14-8-10(2)16-13;/h4-7,10H,3,8-9H2,1-2H3,(H2,14,15,16);1H. The molecule has 1 aliphatic heterocycles. The maximum atomic E-state index is 11.7. The lowest BCUT2D eigenvalue weighted by Gasteiger charge is -2.09. The Bertz CT molecular complexity index is 570. The Morgan fingerprint density at radius 1 is 1.35 bits per heavy atom. The first-order valence-electron chi connectivity index (χ1n) is 6.38. The highest BCUT2D eigenvalue weighted by atomic mass is 127. The largest absolute Gasteiger partial charge is 0.352 e. The van der Waals surface area contributed by atoms with Gasteiger partial charge >= 0.3 is 0 Å². The van der Waals surface area contributed by atoms with Crippen molar-refractivity contribution in [2.75, 3.05) is 12.3 Å². The molecule has 0 aromatic heterocycles. The number of rotatable bonds is 4. The van der Waals surface area contributed by atoms with Crippen LogP contribution in [0.4, 0.5) is 0 Å². The van der Waals surface area contributed by atoms with Gasteiger partial charge in [0.05, 0.1) is 17.2 Å². The molecule has 0 radical (unpaired) electrons. The van der Waals surface area contributed by atoms with Crippen LogP contribution in [0.3, 0.4) is 0 Å². The van der Waals surface area contributed by atoms with Crippen molar-refractivity contribution in [3.63, 3.8) is 0 Å². The monoisotopic (exact) mass is 409 g/mol. The van der Waals surface area contributed by atoms with Crippen LogP contribution in [0.1, 0.15) is 19.4 Å². The molecule has 2 N–H and O–H groups in total. The molecule has 0 saturated heterocycles. The van der Waals surface area contributed by atoms with Gasteiger partial charge in [-0.1, -0.05) is 19.1 Å². The third-order valence-electron chi connectivity index (χ3n) is 3.03. The molecule has 0 spiro atoms. The average molecular weight is 409 g/mol. The van der Waals surface area contributed by atoms with Crippen LogP contribution < -0.4 is 10.6 Å². The van der Waals surface area contributed by atoms with Gasteiger partial charge in [-0.05, 0) is 24.6 Å². The van der Waals surface area contributed by atoms with Crippen molar-refractivity contribution in [3.05, 3.63) is 29.8 Å². The average Bonchev–Trinajstić information content (AvgIpc) is 2.83. The molecule has 1 atom stereocenters. The van der Waals surface area contributed by atoms with Gasteiger partial charge in [-0.2, -0.15) is 0 Å². The third kappa shape index (κ3) is 4.34. The van der Waals surface area contributed by atoms with Crippen LogP contribution in [-0.4, -0.2) is 32.7 Å². The van der Waals surface area contributed by atoms with Gasteiger partial charge in [-0.3, -0.25) is 4.99 Å². The predicted molar refractivity (Wildman–Crippen MR) is 91.3 cm³/mol. The van der Waals surface area contributed by atoms with E-state index in [1.807, 2.05) is 12.1 Å². The van der Waals surface area contributed by atoms with E-state index in [9.17, 15) is 8.42 Å². The number of halogens is 1. The molecule has 0 amide bonds. The van der Waals surface area contributed by atoms with Crippen molar-refractivity contribution in [2.45, 2.75) is 31.3 Å². The Hall–Kier alpha value is -0.830. The lowest BCUT2D eigenvalue weighted by molar-refractivity contribution is 0.597. The lowest BCUT2D eigenvalue weighted by Crippen LogP contribution is -2.37. The summed E-state index contributed by atoms with van der Waals surface area (Å²) in [7, 11) is -3.11. The molecule has 1 aliphatic rings. The molecule has 112 valence electrons. The number of nitrogens with zero attached hydrogens (tertiary/aromatic N) is 1. The first-order chi connectivity index (χ1) is 9.01. The van der Waals surface area contributed by atoms with Crippen LogP contribution in [0, 0.1) is 0 Å². The van der Waals surface area contributed by atoms with E-state index in [0.29, 0.717) is 17.5 Å². The number of hydrogen-bond acceptors (Lipinski definition) is 5. The van der Waals surface area contributed by atoms with Crippen molar-refractivity contribution in [1.82, 2.24) is 10.6 Å². The van der Waals surface area contributed by atoms with E-state index in [2.05, 4.69) is 22.5 Å². The van der Waals surface area contributed by atoms with E-state index in [0.717, 1.165) is 18.1 Å². The molecule has 0 fully saturated rings. The second-order valence-corrected chi connectivity index (χ2v) is 6.91. The molecule has 1 unspecified atom stereocenters. The summed E-state index contributed by atoms with van der Waals surface area (Å²) in [4.78, 5) is 4.68. The summed E-state index contributed by atoms with van der Waals surface area (Å²) in [6.45, 7) is 5.14. The highest BCUT2D eigenvalue weighted by molar-refractivity contribution is 14.0. The van der Waals surface area contributed by atoms with E-state index in [1.165, 1.54) is 0 Å². The highest BCUT2D eigenvalue weighted by Crippen LogP contribution is 2.12. The van der Waals surface area contributed by atoms with E-state index in [-0.39, 0.29) is 29.7 Å². The fraction of sp³-hybridized carbons (Fsp3) is 0.462. The predicted octanol–water partition coefficient (Wildman–Crippen LogP) is 1.54. The molecule has 1 aromatic rings. The summed E-state index contributed by atoms with van der Waals surface area (Å²) in [5.41, 5.74) is 1.03. The molecular formula is C13H20IN3O2S. The molecule has 7 heteroatoms. The van der Waals surface area contributed by atoms with Gasteiger partial charge in [0.15, 0.2) is 15.8 Å². The molecule has 1 heterocycles. The molecule has 0 bridgehead atoms. The van der Waals surface area contributed by atoms with Crippen molar-refractivity contribution in [3.8, 4) is 0 Å². The Balaban J connectivity index is 0.00000200. The Kier molecular flexibility index (Phi) is 6.25. The summed E-state index contributed by atoms with van der Waals surface area (Å²) in [6.07, 6.45) is 0.